The van der Waals surface area contributed by atoms with Crippen molar-refractivity contribution in [2.45, 2.75) is 13.8 Å². The summed E-state index contributed by atoms with van der Waals surface area (Å²) in [6.07, 6.45) is 0. The van der Waals surface area contributed by atoms with Gasteiger partial charge in [0.05, 0.1) is 21.2 Å². The zero-order chi connectivity index (χ0) is 16.3. The Bertz CT molecular complexity index is 813. The van der Waals surface area contributed by atoms with Crippen molar-refractivity contribution >= 4 is 34.8 Å². The van der Waals surface area contributed by atoms with Gasteiger partial charge in [0.15, 0.2) is 11.6 Å². The Morgan fingerprint density at radius 1 is 0.773 bits per heavy atom. The van der Waals surface area contributed by atoms with Gasteiger partial charge < -0.3 is 10.2 Å². The molecule has 4 nitrogen and oxygen atoms in total. The quantitative estimate of drug-likeness (QED) is 0.612. The van der Waals surface area contributed by atoms with Crippen LogP contribution in [0.3, 0.4) is 0 Å². The second kappa shape index (κ2) is 4.73. The molecule has 0 radical (unpaired) electrons. The summed E-state index contributed by atoms with van der Waals surface area (Å²) in [4.78, 5) is 25.3. The predicted molar refractivity (Wildman–Crippen MR) is 82.6 cm³/mol. The van der Waals surface area contributed by atoms with Crippen LogP contribution in [0.4, 0.5) is 0 Å². The SMILES string of the molecule is Cc1c(C)c(O)c2c(c1O)C(=O)c1cc(Cl)c(Cl)cc1C2=O. The average molecular weight is 337 g/mol. The molecule has 0 heterocycles. The van der Waals surface area contributed by atoms with Crippen molar-refractivity contribution < 1.29 is 19.8 Å². The molecule has 0 spiro atoms. The number of fused-ring (bicyclic) bond motifs is 2. The summed E-state index contributed by atoms with van der Waals surface area (Å²) in [5.74, 6) is -1.75. The Hall–Kier alpha value is -2.04. The fraction of sp³-hybridized carbons (Fsp3) is 0.125. The van der Waals surface area contributed by atoms with E-state index < -0.39 is 11.6 Å². The molecule has 112 valence electrons. The first-order valence-corrected chi connectivity index (χ1v) is 7.14. The molecule has 2 N–H and O–H groups in total. The molecular formula is C16H10Cl2O4. The van der Waals surface area contributed by atoms with Gasteiger partial charge in [-0.25, -0.2) is 0 Å². The number of carbonyl (C=O) groups is 2. The van der Waals surface area contributed by atoms with E-state index in [9.17, 15) is 19.8 Å². The van der Waals surface area contributed by atoms with E-state index in [2.05, 4.69) is 0 Å². The van der Waals surface area contributed by atoms with E-state index in [0.717, 1.165) is 0 Å². The van der Waals surface area contributed by atoms with Gasteiger partial charge in [0.2, 0.25) is 0 Å². The van der Waals surface area contributed by atoms with Crippen molar-refractivity contribution in [3.8, 4) is 11.5 Å². The first-order chi connectivity index (χ1) is 10.3. The van der Waals surface area contributed by atoms with Crippen LogP contribution >= 0.6 is 23.2 Å². The minimum absolute atomic E-state index is 0.0600. The normalized spacial score (nSPS) is 13.1. The molecule has 0 unspecified atom stereocenters. The fourth-order valence-corrected chi connectivity index (χ4v) is 2.93. The number of aromatic hydroxyl groups is 2. The summed E-state index contributed by atoms with van der Waals surface area (Å²) in [6, 6.07) is 2.60. The number of phenols is 2. The Morgan fingerprint density at radius 3 is 1.41 bits per heavy atom. The molecule has 0 saturated carbocycles. The third-order valence-electron chi connectivity index (χ3n) is 4.00. The van der Waals surface area contributed by atoms with Gasteiger partial charge in [0.25, 0.3) is 0 Å². The molecule has 2 aromatic rings. The van der Waals surface area contributed by atoms with Gasteiger partial charge in [-0.1, -0.05) is 23.2 Å². The highest BCUT2D eigenvalue weighted by atomic mass is 35.5. The molecular weight excluding hydrogens is 327 g/mol. The number of phenolic OH excluding ortho intramolecular Hbond substituents is 2. The van der Waals surface area contributed by atoms with Gasteiger partial charge in [0.1, 0.15) is 11.5 Å². The fourth-order valence-electron chi connectivity index (χ4n) is 2.60. The largest absolute Gasteiger partial charge is 0.507 e. The van der Waals surface area contributed by atoms with Crippen LogP contribution in [0.5, 0.6) is 11.5 Å². The molecule has 0 bridgehead atoms. The summed E-state index contributed by atoms with van der Waals surface area (Å²) in [5.41, 5.74) is 0.421. The van der Waals surface area contributed by atoms with Crippen molar-refractivity contribution in [3.63, 3.8) is 0 Å². The Balaban J connectivity index is 2.44. The van der Waals surface area contributed by atoms with Crippen LogP contribution in [0.1, 0.15) is 43.0 Å². The van der Waals surface area contributed by atoms with Crippen molar-refractivity contribution in [2.75, 3.05) is 0 Å². The van der Waals surface area contributed by atoms with E-state index >= 15 is 0 Å². The Labute approximate surface area is 135 Å². The van der Waals surface area contributed by atoms with Crippen molar-refractivity contribution in [2.24, 2.45) is 0 Å². The lowest BCUT2D eigenvalue weighted by atomic mass is 9.81. The zero-order valence-electron chi connectivity index (χ0n) is 11.6. The van der Waals surface area contributed by atoms with Gasteiger partial charge in [-0.3, -0.25) is 9.59 Å². The van der Waals surface area contributed by atoms with Crippen LogP contribution in [-0.2, 0) is 0 Å². The van der Waals surface area contributed by atoms with Crippen molar-refractivity contribution in [1.82, 2.24) is 0 Å². The summed E-state index contributed by atoms with van der Waals surface area (Å²) in [7, 11) is 0. The van der Waals surface area contributed by atoms with E-state index in [1.54, 1.807) is 13.8 Å². The molecule has 1 aliphatic rings. The van der Waals surface area contributed by atoms with Crippen LogP contribution in [0.15, 0.2) is 12.1 Å². The smallest absolute Gasteiger partial charge is 0.198 e. The Kier molecular flexibility index (Phi) is 3.20. The molecule has 1 aliphatic carbocycles. The maximum Gasteiger partial charge on any atom is 0.198 e. The van der Waals surface area contributed by atoms with Gasteiger partial charge >= 0.3 is 0 Å². The molecule has 0 aliphatic heterocycles. The van der Waals surface area contributed by atoms with Gasteiger partial charge in [-0.2, -0.15) is 0 Å². The maximum atomic E-state index is 12.6. The number of hydrogen-bond donors (Lipinski definition) is 2. The number of carbonyl (C=O) groups excluding carboxylic acids is 2. The van der Waals surface area contributed by atoms with E-state index in [0.29, 0.717) is 11.1 Å². The van der Waals surface area contributed by atoms with E-state index in [-0.39, 0.29) is 43.8 Å². The van der Waals surface area contributed by atoms with Gasteiger partial charge in [0, 0.05) is 11.1 Å². The van der Waals surface area contributed by atoms with Gasteiger partial charge in [-0.15, -0.1) is 0 Å². The molecule has 0 fully saturated rings. The lowest BCUT2D eigenvalue weighted by Crippen LogP contribution is -2.22. The van der Waals surface area contributed by atoms with Crippen LogP contribution in [-0.4, -0.2) is 21.8 Å². The maximum absolute atomic E-state index is 12.6. The number of ketones is 2. The standard InChI is InChI=1S/C16H10Cl2O4/c1-5-6(2)14(20)12-11(13(5)19)15(21)7-3-9(17)10(18)4-8(7)16(12)22/h3-4,19-20H,1-2H3. The number of rotatable bonds is 0. The average Bonchev–Trinajstić information content (AvgIpc) is 2.48. The zero-order valence-corrected chi connectivity index (χ0v) is 13.1. The predicted octanol–water partition coefficient (Wildman–Crippen LogP) is 3.80. The van der Waals surface area contributed by atoms with Crippen molar-refractivity contribution in [3.05, 3.63) is 55.6 Å². The van der Waals surface area contributed by atoms with E-state index in [1.165, 1.54) is 12.1 Å². The molecule has 0 saturated heterocycles. The second-order valence-electron chi connectivity index (χ2n) is 5.17. The number of hydrogen-bond acceptors (Lipinski definition) is 4. The summed E-state index contributed by atoms with van der Waals surface area (Å²) >= 11 is 11.8. The topological polar surface area (TPSA) is 74.6 Å². The van der Waals surface area contributed by atoms with Crippen LogP contribution in [0.25, 0.3) is 0 Å². The minimum atomic E-state index is -0.570. The van der Waals surface area contributed by atoms with E-state index in [4.69, 9.17) is 23.2 Å². The number of benzene rings is 2. The molecule has 6 heteroatoms. The molecule has 2 aromatic carbocycles. The van der Waals surface area contributed by atoms with Crippen LogP contribution in [0, 0.1) is 13.8 Å². The van der Waals surface area contributed by atoms with E-state index in [1.807, 2.05) is 0 Å². The highest BCUT2D eigenvalue weighted by Crippen LogP contribution is 2.43. The lowest BCUT2D eigenvalue weighted by molar-refractivity contribution is 0.0974. The number of halogens is 2. The van der Waals surface area contributed by atoms with Crippen LogP contribution < -0.4 is 0 Å². The van der Waals surface area contributed by atoms with Gasteiger partial charge in [-0.05, 0) is 37.1 Å². The van der Waals surface area contributed by atoms with Crippen molar-refractivity contribution in [1.29, 1.82) is 0 Å². The second-order valence-corrected chi connectivity index (χ2v) is 5.98. The molecule has 0 amide bonds. The minimum Gasteiger partial charge on any atom is -0.507 e. The van der Waals surface area contributed by atoms with Crippen LogP contribution in [0.2, 0.25) is 10.0 Å². The highest BCUT2D eigenvalue weighted by Gasteiger charge is 2.36. The third-order valence-corrected chi connectivity index (χ3v) is 4.72. The first-order valence-electron chi connectivity index (χ1n) is 6.39. The monoisotopic (exact) mass is 336 g/mol. The third kappa shape index (κ3) is 1.77. The molecule has 0 aromatic heterocycles. The molecule has 0 atom stereocenters. The lowest BCUT2D eigenvalue weighted by Gasteiger charge is -2.22. The summed E-state index contributed by atoms with van der Waals surface area (Å²) < 4.78 is 0. The molecule has 22 heavy (non-hydrogen) atoms. The Morgan fingerprint density at radius 2 is 1.09 bits per heavy atom. The highest BCUT2D eigenvalue weighted by molar-refractivity contribution is 6.43. The summed E-state index contributed by atoms with van der Waals surface area (Å²) in [6.45, 7) is 3.12. The summed E-state index contributed by atoms with van der Waals surface area (Å²) in [5, 5.41) is 20.8. The molecule has 3 rings (SSSR count). The first kappa shape index (κ1) is 14.9.